The molecule has 2 heterocycles. The van der Waals surface area contributed by atoms with Gasteiger partial charge in [0.05, 0.1) is 17.7 Å². The maximum atomic E-state index is 13.9. The molecular formula is C20H19FN2O5S3. The van der Waals surface area contributed by atoms with E-state index in [1.165, 1.54) is 29.6 Å². The number of hydrogen-bond donors (Lipinski definition) is 1. The number of benzene rings is 2. The molecule has 0 radical (unpaired) electrons. The number of anilines is 2. The van der Waals surface area contributed by atoms with Crippen LogP contribution in [0.2, 0.25) is 0 Å². The number of thiophene rings is 1. The summed E-state index contributed by atoms with van der Waals surface area (Å²) in [7, 11) is -6.42. The highest BCUT2D eigenvalue weighted by Crippen LogP contribution is 2.35. The highest BCUT2D eigenvalue weighted by atomic mass is 32.2. The molecule has 31 heavy (non-hydrogen) atoms. The third kappa shape index (κ3) is 4.12. The molecule has 2 aromatic carbocycles. The fourth-order valence-corrected chi connectivity index (χ4v) is 7.13. The molecule has 1 aliphatic heterocycles. The van der Waals surface area contributed by atoms with Crippen molar-refractivity contribution in [1.29, 1.82) is 0 Å². The molecule has 1 N–H and O–H groups in total. The fourth-order valence-electron chi connectivity index (χ4n) is 3.42. The van der Waals surface area contributed by atoms with Crippen LogP contribution in [0.3, 0.4) is 0 Å². The first-order valence-electron chi connectivity index (χ1n) is 9.28. The van der Waals surface area contributed by atoms with Crippen LogP contribution in [0.15, 0.2) is 63.0 Å². The molecule has 0 amide bonds. The maximum Gasteiger partial charge on any atom is 0.273 e. The van der Waals surface area contributed by atoms with E-state index in [2.05, 4.69) is 4.72 Å². The van der Waals surface area contributed by atoms with Crippen molar-refractivity contribution in [2.75, 3.05) is 22.7 Å². The predicted molar refractivity (Wildman–Crippen MR) is 117 cm³/mol. The van der Waals surface area contributed by atoms with Gasteiger partial charge in [0.2, 0.25) is 0 Å². The van der Waals surface area contributed by atoms with Crippen LogP contribution in [0.1, 0.15) is 12.0 Å². The minimum Gasteiger partial charge on any atom is -0.494 e. The van der Waals surface area contributed by atoms with Crippen molar-refractivity contribution in [2.45, 2.75) is 21.9 Å². The first-order chi connectivity index (χ1) is 14.7. The van der Waals surface area contributed by atoms with Gasteiger partial charge in [-0.1, -0.05) is 6.07 Å². The van der Waals surface area contributed by atoms with Crippen molar-refractivity contribution in [3.8, 4) is 5.75 Å². The highest BCUT2D eigenvalue weighted by Gasteiger charge is 2.30. The van der Waals surface area contributed by atoms with E-state index in [0.29, 0.717) is 30.6 Å². The molecule has 0 atom stereocenters. The van der Waals surface area contributed by atoms with Crippen molar-refractivity contribution >= 4 is 42.8 Å². The normalized spacial score (nSPS) is 14.2. The molecule has 1 aromatic heterocycles. The Morgan fingerprint density at radius 1 is 1.10 bits per heavy atom. The number of hydrogen-bond acceptors (Lipinski definition) is 6. The van der Waals surface area contributed by atoms with Crippen molar-refractivity contribution in [2.24, 2.45) is 0 Å². The van der Waals surface area contributed by atoms with Gasteiger partial charge in [0, 0.05) is 12.2 Å². The fraction of sp³-hybridized carbons (Fsp3) is 0.200. The van der Waals surface area contributed by atoms with Gasteiger partial charge in [-0.3, -0.25) is 9.03 Å². The molecule has 0 saturated heterocycles. The van der Waals surface area contributed by atoms with Gasteiger partial charge < -0.3 is 4.74 Å². The second-order valence-corrected chi connectivity index (χ2v) is 11.6. The molecule has 1 aliphatic rings. The van der Waals surface area contributed by atoms with Gasteiger partial charge in [-0.25, -0.2) is 21.2 Å². The van der Waals surface area contributed by atoms with Crippen molar-refractivity contribution in [1.82, 2.24) is 0 Å². The summed E-state index contributed by atoms with van der Waals surface area (Å²) in [5, 5.41) is 1.71. The zero-order valence-corrected chi connectivity index (χ0v) is 18.9. The summed E-state index contributed by atoms with van der Waals surface area (Å²) in [5.41, 5.74) is 1.51. The molecule has 0 aliphatic carbocycles. The molecule has 0 fully saturated rings. The summed E-state index contributed by atoms with van der Waals surface area (Å²) in [6, 6.07) is 11.3. The molecule has 4 rings (SSSR count). The molecular weight excluding hydrogens is 463 g/mol. The van der Waals surface area contributed by atoms with Gasteiger partial charge >= 0.3 is 0 Å². The number of nitrogens with zero attached hydrogens (tertiary/aromatic N) is 1. The zero-order chi connectivity index (χ0) is 22.2. The molecule has 7 nitrogen and oxygen atoms in total. The number of aryl methyl sites for hydroxylation is 1. The lowest BCUT2D eigenvalue weighted by Crippen LogP contribution is -2.35. The largest absolute Gasteiger partial charge is 0.494 e. The van der Waals surface area contributed by atoms with Gasteiger partial charge in [-0.15, -0.1) is 11.3 Å². The molecule has 0 unspecified atom stereocenters. The number of fused-ring (bicyclic) bond motifs is 1. The Morgan fingerprint density at radius 2 is 1.90 bits per heavy atom. The van der Waals surface area contributed by atoms with Crippen LogP contribution >= 0.6 is 11.3 Å². The molecule has 11 heteroatoms. The summed E-state index contributed by atoms with van der Waals surface area (Å²) in [6.07, 6.45) is 1.22. The lowest BCUT2D eigenvalue weighted by atomic mass is 10.0. The number of methoxy groups -OCH3 is 1. The van der Waals surface area contributed by atoms with Crippen LogP contribution in [0.25, 0.3) is 0 Å². The van der Waals surface area contributed by atoms with E-state index in [1.54, 1.807) is 29.6 Å². The molecule has 3 aromatic rings. The van der Waals surface area contributed by atoms with Crippen LogP contribution in [0, 0.1) is 5.82 Å². The molecule has 0 saturated carbocycles. The van der Waals surface area contributed by atoms with Gasteiger partial charge in [0.1, 0.15) is 4.21 Å². The highest BCUT2D eigenvalue weighted by molar-refractivity contribution is 7.94. The minimum absolute atomic E-state index is 0.0558. The maximum absolute atomic E-state index is 13.9. The summed E-state index contributed by atoms with van der Waals surface area (Å²) in [5.74, 6) is -0.843. The summed E-state index contributed by atoms with van der Waals surface area (Å²) in [6.45, 7) is 0.351. The first-order valence-corrected chi connectivity index (χ1v) is 13.1. The van der Waals surface area contributed by atoms with Crippen LogP contribution in [-0.4, -0.2) is 30.5 Å². The molecule has 0 spiro atoms. The topological polar surface area (TPSA) is 92.8 Å². The summed E-state index contributed by atoms with van der Waals surface area (Å²) < 4.78 is 74.1. The van der Waals surface area contributed by atoms with Gasteiger partial charge in [0.25, 0.3) is 20.0 Å². The van der Waals surface area contributed by atoms with Crippen LogP contribution < -0.4 is 13.8 Å². The van der Waals surface area contributed by atoms with Gasteiger partial charge in [-0.2, -0.15) is 0 Å². The Morgan fingerprint density at radius 3 is 2.58 bits per heavy atom. The van der Waals surface area contributed by atoms with E-state index < -0.39 is 25.9 Å². The number of nitrogens with one attached hydrogen (secondary N) is 1. The monoisotopic (exact) mass is 482 g/mol. The lowest BCUT2D eigenvalue weighted by Gasteiger charge is -2.30. The SMILES string of the molecule is COc1ccc(S(=O)(=O)Nc2ccc3c(c2)CCCN3S(=O)(=O)c2cccs2)cc1F. The van der Waals surface area contributed by atoms with Crippen LogP contribution in [0.4, 0.5) is 15.8 Å². The number of sulfonamides is 2. The Hall–Kier alpha value is -2.63. The van der Waals surface area contributed by atoms with E-state index >= 15 is 0 Å². The lowest BCUT2D eigenvalue weighted by molar-refractivity contribution is 0.385. The van der Waals surface area contributed by atoms with Crippen LogP contribution in [0.5, 0.6) is 5.75 Å². The van der Waals surface area contributed by atoms with Crippen molar-refractivity contribution in [3.63, 3.8) is 0 Å². The third-order valence-corrected chi connectivity index (χ3v) is 9.45. The number of ether oxygens (including phenoxy) is 1. The zero-order valence-electron chi connectivity index (χ0n) is 16.4. The van der Waals surface area contributed by atoms with Crippen LogP contribution in [-0.2, 0) is 26.5 Å². The standard InChI is InChI=1S/C20H19FN2O5S3/c1-28-19-9-7-16(13-17(19)21)30(24,25)22-15-6-8-18-14(12-15)4-2-10-23(18)31(26,27)20-5-3-11-29-20/h3,5-9,11-13,22H,2,4,10H2,1H3. The third-order valence-electron chi connectivity index (χ3n) is 4.88. The molecule has 164 valence electrons. The van der Waals surface area contributed by atoms with Crippen molar-refractivity contribution < 1.29 is 26.0 Å². The van der Waals surface area contributed by atoms with E-state index in [1.807, 2.05) is 0 Å². The van der Waals surface area contributed by atoms with Gasteiger partial charge in [0.15, 0.2) is 11.6 Å². The average Bonchev–Trinajstić information content (AvgIpc) is 3.28. The number of halogens is 1. The predicted octanol–water partition coefficient (Wildman–Crippen LogP) is 3.84. The Balaban J connectivity index is 1.63. The molecule has 0 bridgehead atoms. The minimum atomic E-state index is -4.04. The van der Waals surface area contributed by atoms with E-state index in [4.69, 9.17) is 4.74 Å². The van der Waals surface area contributed by atoms with Gasteiger partial charge in [-0.05, 0) is 66.2 Å². The first kappa shape index (κ1) is 21.6. The smallest absolute Gasteiger partial charge is 0.273 e. The number of rotatable bonds is 6. The summed E-state index contributed by atoms with van der Waals surface area (Å²) >= 11 is 1.15. The van der Waals surface area contributed by atoms with Crippen molar-refractivity contribution in [3.05, 3.63) is 65.3 Å². The second-order valence-electron chi connectivity index (χ2n) is 6.86. The van der Waals surface area contributed by atoms with E-state index in [-0.39, 0.29) is 20.5 Å². The Bertz CT molecular complexity index is 1320. The summed E-state index contributed by atoms with van der Waals surface area (Å²) in [4.78, 5) is -0.245. The van der Waals surface area contributed by atoms with E-state index in [0.717, 1.165) is 17.4 Å². The quantitative estimate of drug-likeness (QED) is 0.576. The Kier molecular flexibility index (Phi) is 5.67. The average molecular weight is 483 g/mol. The second kappa shape index (κ2) is 8.13. The van der Waals surface area contributed by atoms with E-state index in [9.17, 15) is 21.2 Å². The Labute approximate surface area is 184 Å².